The van der Waals surface area contributed by atoms with Gasteiger partial charge in [-0.25, -0.2) is 18.9 Å². The number of aliphatic hydroxyl groups is 2. The number of unbranched alkanes of at least 4 members (excludes halogenated alkanes) is 14. The molecule has 0 amide bonds. The lowest BCUT2D eigenvalue weighted by Crippen LogP contribution is -2.39. The Morgan fingerprint density at radius 1 is 0.535 bits per heavy atom. The van der Waals surface area contributed by atoms with Crippen molar-refractivity contribution in [2.45, 2.75) is 169 Å². The van der Waals surface area contributed by atoms with Gasteiger partial charge in [-0.05, 0) is 39.3 Å². The van der Waals surface area contributed by atoms with Crippen molar-refractivity contribution in [2.75, 3.05) is 0 Å². The van der Waals surface area contributed by atoms with Crippen LogP contribution in [0.2, 0.25) is 0 Å². The molecular weight excluding hydrogens is 1210 g/mol. The first-order chi connectivity index (χ1) is 39.1. The van der Waals surface area contributed by atoms with Crippen molar-refractivity contribution in [3.05, 3.63) is 72.3 Å². The van der Waals surface area contributed by atoms with E-state index in [1.54, 1.807) is 39.8 Å². The normalized spacial score (nSPS) is 10.7. The number of carboxylic acids is 8. The largest absolute Gasteiger partial charge is 0.507 e. The number of para-hydroxylation sites is 1. The van der Waals surface area contributed by atoms with Gasteiger partial charge in [0.25, 0.3) is 11.4 Å². The quantitative estimate of drug-likeness (QED) is 0.0152. The Balaban J connectivity index is -0.000000171. The summed E-state index contributed by atoms with van der Waals surface area (Å²) in [6.07, 6.45) is 15.3. The van der Waals surface area contributed by atoms with Crippen LogP contribution in [-0.2, 0) is 48.5 Å². The third-order valence-electron chi connectivity index (χ3n) is 9.09. The Hall–Kier alpha value is -8.10. The topological polar surface area (TPSA) is 661 Å². The molecule has 0 fully saturated rings. The Kier molecular flexibility index (Phi) is 55.9. The number of hydrogen-bond acceptors (Lipinski definition) is 21. The number of aliphatic hydroxyl groups excluding tert-OH is 2. The van der Waals surface area contributed by atoms with Gasteiger partial charge in [0.2, 0.25) is 0 Å². The summed E-state index contributed by atoms with van der Waals surface area (Å²) < 4.78 is 40.5. The van der Waals surface area contributed by atoms with Crippen LogP contribution in [0.25, 0.3) is 0 Å². The number of aromatic hydroxyl groups is 2. The molecule has 2 aromatic carbocycles. The van der Waals surface area contributed by atoms with E-state index in [0.717, 1.165) is 12.8 Å². The Bertz CT molecular complexity index is 2450. The molecule has 0 bridgehead atoms. The van der Waals surface area contributed by atoms with Crippen LogP contribution in [0.15, 0.2) is 36.4 Å². The molecule has 0 saturated carbocycles. The minimum absolute atomic E-state index is 0.0671. The van der Waals surface area contributed by atoms with Crippen molar-refractivity contribution in [2.24, 2.45) is 5.41 Å². The molecule has 0 aromatic heterocycles. The first kappa shape index (κ1) is 91.6. The second-order valence-corrected chi connectivity index (χ2v) is 19.6. The van der Waals surface area contributed by atoms with Gasteiger partial charge in [-0.3, -0.25) is 63.4 Å². The number of hydrogen-bond donors (Lipinski definition) is 17. The Labute approximate surface area is 491 Å². The number of phosphoric acid groups is 1. The molecule has 0 aliphatic heterocycles. The number of benzene rings is 2. The number of phenolic OH excluding ortho intramolecular Hbond substituents is 1. The number of aliphatic carboxylic acids is 7. The molecule has 86 heavy (non-hydrogen) atoms. The van der Waals surface area contributed by atoms with Gasteiger partial charge in [-0.2, -0.15) is 8.42 Å². The predicted molar refractivity (Wildman–Crippen MR) is 296 cm³/mol. The number of phenols is 2. The molecule has 17 N–H and O–H groups in total. The fourth-order valence-corrected chi connectivity index (χ4v) is 4.76. The van der Waals surface area contributed by atoms with E-state index in [0.29, 0.717) is 18.6 Å². The third kappa shape index (κ3) is 72.0. The van der Waals surface area contributed by atoms with Crippen LogP contribution in [0.4, 0.5) is 17.1 Å². The predicted octanol–water partition coefficient (Wildman–Crippen LogP) is 6.37. The molecule has 2 rings (SSSR count). The maximum atomic E-state index is 10.4. The zero-order valence-electron chi connectivity index (χ0n) is 47.3. The fraction of sp³-hybridized carbons (Fsp3) is 0.574. The van der Waals surface area contributed by atoms with Crippen LogP contribution in [0.3, 0.4) is 0 Å². The van der Waals surface area contributed by atoms with Gasteiger partial charge in [-0.1, -0.05) is 116 Å². The minimum atomic E-state index is -4.67. The molecule has 0 aliphatic carbocycles. The fourth-order valence-electron chi connectivity index (χ4n) is 4.76. The van der Waals surface area contributed by atoms with Crippen molar-refractivity contribution in [3.63, 3.8) is 0 Å². The van der Waals surface area contributed by atoms with E-state index >= 15 is 0 Å². The standard InChI is InChI=1S/C18H36O2.C7H6O3.C6H3N3O7.C5H10O2.C4H6O6.C4H6O4.C3H6O2.H3O4P.H2O4S/c1-2-3-4-5-6-7-8-9-10-11-12-13-14-15-16-17-18(19)20;8-6-4-2-1-3-5(6)7(9)10;10-6-4(8(13)14)1-3(7(11)12)2-5(6)9(15)16;1-5(2,3)4(6)7;5-1(3(7)8)2(6)4(9)10;5-3(6)1-2-4(7)8;1-2-3(4)5;2*1-5(2,3)4/h2-17H2,1H3,(H,19,20);1-4,8H,(H,9,10);1-2,10H;1-3H3,(H,6,7);1-2,5-6H,(H,7,8)(H,9,10);1-2H2,(H,5,6)(H,7,8);2H2,1H3,(H,4,5);(H3,1,2,3,4);(H2,1,2,3,4). The Morgan fingerprint density at radius 3 is 0.988 bits per heavy atom. The number of nitro benzene ring substituents is 3. The highest BCUT2D eigenvalue weighted by atomic mass is 32.3. The van der Waals surface area contributed by atoms with Crippen LogP contribution in [0, 0.1) is 35.8 Å². The summed E-state index contributed by atoms with van der Waals surface area (Å²) in [6, 6.07) is 6.71. The molecule has 37 nitrogen and oxygen atoms in total. The van der Waals surface area contributed by atoms with Crippen molar-refractivity contribution in [1.29, 1.82) is 0 Å². The lowest BCUT2D eigenvalue weighted by atomic mass is 9.98. The third-order valence-corrected chi connectivity index (χ3v) is 9.09. The molecule has 2 aromatic rings. The molecule has 0 saturated heterocycles. The number of nitro groups is 3. The lowest BCUT2D eigenvalue weighted by Gasteiger charge is -2.08. The highest BCUT2D eigenvalue weighted by molar-refractivity contribution is 7.79. The summed E-state index contributed by atoms with van der Waals surface area (Å²) in [5.41, 5.74) is -3.65. The van der Waals surface area contributed by atoms with Crippen molar-refractivity contribution in [1.82, 2.24) is 0 Å². The van der Waals surface area contributed by atoms with Crippen molar-refractivity contribution in [3.8, 4) is 11.5 Å². The van der Waals surface area contributed by atoms with E-state index in [1.807, 2.05) is 0 Å². The number of carboxylic acid groups (broad SMARTS) is 8. The summed E-state index contributed by atoms with van der Waals surface area (Å²) in [5, 5.41) is 130. The van der Waals surface area contributed by atoms with Crippen LogP contribution in [0.1, 0.15) is 167 Å². The average Bonchev–Trinajstić information content (AvgIpc) is 3.19. The molecule has 0 heterocycles. The van der Waals surface area contributed by atoms with Gasteiger partial charge in [0.05, 0.1) is 45.2 Å². The molecule has 0 spiro atoms. The average molecular weight is 1290 g/mol. The number of aromatic carboxylic acids is 1. The van der Waals surface area contributed by atoms with Gasteiger partial charge in [-0.15, -0.1) is 0 Å². The summed E-state index contributed by atoms with van der Waals surface area (Å²) in [7, 11) is -9.31. The smallest absolute Gasteiger partial charge is 0.466 e. The van der Waals surface area contributed by atoms with Crippen LogP contribution in [0.5, 0.6) is 11.5 Å². The first-order valence-corrected chi connectivity index (χ1v) is 27.8. The highest BCUT2D eigenvalue weighted by Gasteiger charge is 2.31. The molecule has 0 aliphatic rings. The van der Waals surface area contributed by atoms with Gasteiger partial charge >= 0.3 is 77.4 Å². The van der Waals surface area contributed by atoms with Crippen LogP contribution >= 0.6 is 7.82 Å². The molecule has 2 atom stereocenters. The summed E-state index contributed by atoms with van der Waals surface area (Å²) in [5.74, 6) is -10.4. The highest BCUT2D eigenvalue weighted by Crippen LogP contribution is 2.39. The number of carbonyl (C=O) groups is 8. The number of nitrogens with zero attached hydrogens (tertiary/aromatic N) is 3. The van der Waals surface area contributed by atoms with Gasteiger partial charge < -0.3 is 76.0 Å². The number of non-ortho nitro benzene ring substituents is 1. The summed E-state index contributed by atoms with van der Waals surface area (Å²) in [4.78, 5) is 128. The molecule has 2 unspecified atom stereocenters. The molecular formula is C47H78N3O34PS. The van der Waals surface area contributed by atoms with E-state index in [9.17, 15) is 68.7 Å². The SMILES string of the molecule is CC(C)(C)C(=O)O.CCC(=O)O.CCCCCCCCCCCCCCCCCC(=O)O.O=C(O)C(O)C(O)C(=O)O.O=C(O)CCC(=O)O.O=C(O)c1ccccc1O.O=P(O)(O)O.O=S(=O)(O)O.O=[N+]([O-])c1cc([N+](=O)[O-])c(O)c([N+](=O)[O-])c1. The second-order valence-electron chi connectivity index (χ2n) is 17.6. The maximum Gasteiger partial charge on any atom is 0.466 e. The number of rotatable bonds is 27. The lowest BCUT2D eigenvalue weighted by molar-refractivity contribution is -0.404. The van der Waals surface area contributed by atoms with Gasteiger partial charge in [0, 0.05) is 12.8 Å². The monoisotopic (exact) mass is 1290 g/mol. The molecule has 0 radical (unpaired) electrons. The van der Waals surface area contributed by atoms with Crippen LogP contribution in [-0.4, -0.2) is 168 Å². The van der Waals surface area contributed by atoms with Crippen molar-refractivity contribution >= 4 is 83.0 Å². The zero-order valence-corrected chi connectivity index (χ0v) is 49.0. The van der Waals surface area contributed by atoms with Gasteiger partial charge in [0.1, 0.15) is 11.3 Å². The molecule has 39 heteroatoms. The zero-order chi connectivity index (χ0) is 69.1. The Morgan fingerprint density at radius 2 is 0.802 bits per heavy atom. The van der Waals surface area contributed by atoms with E-state index in [-0.39, 0.29) is 30.6 Å². The summed E-state index contributed by atoms with van der Waals surface area (Å²) >= 11 is 0. The van der Waals surface area contributed by atoms with E-state index in [2.05, 4.69) is 6.92 Å². The van der Waals surface area contributed by atoms with Crippen molar-refractivity contribution < 1.29 is 151 Å². The van der Waals surface area contributed by atoms with E-state index in [4.69, 9.17) is 98.0 Å². The minimum Gasteiger partial charge on any atom is -0.507 e. The van der Waals surface area contributed by atoms with Crippen LogP contribution < -0.4 is 0 Å². The summed E-state index contributed by atoms with van der Waals surface area (Å²) in [6.45, 7) is 8.86. The molecule has 496 valence electrons. The van der Waals surface area contributed by atoms with E-state index in [1.165, 1.54) is 95.6 Å². The first-order valence-electron chi connectivity index (χ1n) is 24.9. The van der Waals surface area contributed by atoms with Gasteiger partial charge in [0.15, 0.2) is 12.2 Å². The van der Waals surface area contributed by atoms with E-state index < -0.39 is 121 Å². The second kappa shape index (κ2) is 52.5. The maximum absolute atomic E-state index is 10.4.